The Bertz CT molecular complexity index is 193. The summed E-state index contributed by atoms with van der Waals surface area (Å²) in [5, 5.41) is 16.0. The molecule has 0 saturated heterocycles. The minimum absolute atomic E-state index is 0.0713. The molecule has 0 saturated carbocycles. The van der Waals surface area contributed by atoms with E-state index < -0.39 is 6.10 Å². The number of aliphatic hydroxyl groups excluding tert-OH is 2. The normalized spacial score (nSPS) is 11.4. The second-order valence-corrected chi connectivity index (χ2v) is 5.19. The number of ether oxygens (including phenoxy) is 1. The maximum Gasteiger partial charge on any atom is 0.305 e. The molecule has 4 nitrogen and oxygen atoms in total. The van der Waals surface area contributed by atoms with Crippen LogP contribution in [0.4, 0.5) is 0 Å². The van der Waals surface area contributed by atoms with Gasteiger partial charge in [-0.1, -0.05) is 58.3 Å². The van der Waals surface area contributed by atoms with Gasteiger partial charge in [0.25, 0.3) is 0 Å². The molecular weight excluding hydrogens is 256 g/mol. The number of rotatable bonds is 11. The van der Waals surface area contributed by atoms with Crippen LogP contribution in [0.25, 0.3) is 0 Å². The first-order valence-electron chi connectivity index (χ1n) is 7.94. The highest BCUT2D eigenvalue weighted by Crippen LogP contribution is 2.10. The molecule has 1 unspecified atom stereocenters. The van der Waals surface area contributed by atoms with Crippen LogP contribution in [0.2, 0.25) is 0 Å². The number of methoxy groups -OCH3 is 1. The molecule has 0 aliphatic heterocycles. The lowest BCUT2D eigenvalue weighted by Crippen LogP contribution is -2.03. The molecule has 0 aliphatic carbocycles. The molecule has 0 aromatic carbocycles. The lowest BCUT2D eigenvalue weighted by Gasteiger charge is -2.01. The zero-order chi connectivity index (χ0) is 15.6. The average molecular weight is 290 g/mol. The summed E-state index contributed by atoms with van der Waals surface area (Å²) >= 11 is 0. The molecule has 1 atom stereocenters. The Kier molecular flexibility index (Phi) is 19.9. The summed E-state index contributed by atoms with van der Waals surface area (Å²) in [6.45, 7) is 3.63. The van der Waals surface area contributed by atoms with Crippen molar-refractivity contribution in [1.82, 2.24) is 0 Å². The molecule has 0 fully saturated rings. The van der Waals surface area contributed by atoms with E-state index in [9.17, 15) is 4.79 Å². The molecule has 2 N–H and O–H groups in total. The van der Waals surface area contributed by atoms with Crippen LogP contribution in [-0.2, 0) is 9.53 Å². The predicted octanol–water partition coefficient (Wildman–Crippen LogP) is 3.44. The highest BCUT2D eigenvalue weighted by Gasteiger charge is 1.98. The van der Waals surface area contributed by atoms with Gasteiger partial charge in [-0.25, -0.2) is 0 Å². The van der Waals surface area contributed by atoms with Crippen molar-refractivity contribution in [3.05, 3.63) is 0 Å². The van der Waals surface area contributed by atoms with Crippen LogP contribution in [0, 0.1) is 0 Å². The first-order valence-corrected chi connectivity index (χ1v) is 7.94. The number of esters is 1. The Labute approximate surface area is 124 Å². The molecular formula is C16H34O4. The molecule has 0 heterocycles. The number of aliphatic hydroxyl groups is 2. The minimum Gasteiger partial charge on any atom is -0.469 e. The molecule has 0 radical (unpaired) electrons. The third-order valence-corrected chi connectivity index (χ3v) is 2.98. The molecule has 0 amide bonds. The first-order chi connectivity index (χ1) is 9.58. The maximum atomic E-state index is 10.8. The predicted molar refractivity (Wildman–Crippen MR) is 82.6 cm³/mol. The van der Waals surface area contributed by atoms with Crippen LogP contribution in [0.5, 0.6) is 0 Å². The van der Waals surface area contributed by atoms with Gasteiger partial charge in [-0.05, 0) is 13.3 Å². The van der Waals surface area contributed by atoms with Gasteiger partial charge < -0.3 is 14.9 Å². The van der Waals surface area contributed by atoms with E-state index >= 15 is 0 Å². The molecule has 20 heavy (non-hydrogen) atoms. The van der Waals surface area contributed by atoms with E-state index in [2.05, 4.69) is 11.7 Å². The van der Waals surface area contributed by atoms with Crippen molar-refractivity contribution in [3.63, 3.8) is 0 Å². The van der Waals surface area contributed by atoms with Crippen LogP contribution < -0.4 is 0 Å². The van der Waals surface area contributed by atoms with Crippen molar-refractivity contribution in [2.75, 3.05) is 13.7 Å². The quantitative estimate of drug-likeness (QED) is 0.452. The molecule has 122 valence electrons. The summed E-state index contributed by atoms with van der Waals surface area (Å²) in [5.41, 5.74) is 0. The second kappa shape index (κ2) is 18.4. The molecule has 4 heteroatoms. The smallest absolute Gasteiger partial charge is 0.305 e. The zero-order valence-electron chi connectivity index (χ0n) is 13.6. The van der Waals surface area contributed by atoms with E-state index in [0.717, 1.165) is 6.42 Å². The van der Waals surface area contributed by atoms with Gasteiger partial charge in [-0.3, -0.25) is 4.79 Å². The fraction of sp³-hybridized carbons (Fsp3) is 0.938. The van der Waals surface area contributed by atoms with Crippen LogP contribution in [0.1, 0.15) is 78.1 Å². The highest BCUT2D eigenvalue weighted by atomic mass is 16.5. The monoisotopic (exact) mass is 290 g/mol. The second-order valence-electron chi connectivity index (χ2n) is 5.19. The summed E-state index contributed by atoms with van der Waals surface area (Å²) in [4.78, 5) is 10.8. The van der Waals surface area contributed by atoms with Gasteiger partial charge in [0, 0.05) is 6.42 Å². The van der Waals surface area contributed by atoms with Crippen molar-refractivity contribution in [1.29, 1.82) is 0 Å². The Morgan fingerprint density at radius 2 is 1.40 bits per heavy atom. The number of unbranched alkanes of at least 4 members (excludes halogenated alkanes) is 8. The highest BCUT2D eigenvalue weighted by molar-refractivity contribution is 5.68. The maximum absolute atomic E-state index is 10.8. The van der Waals surface area contributed by atoms with Gasteiger partial charge in [0.2, 0.25) is 0 Å². The van der Waals surface area contributed by atoms with Crippen molar-refractivity contribution in [2.45, 2.75) is 84.2 Å². The lowest BCUT2D eigenvalue weighted by atomic mass is 10.1. The largest absolute Gasteiger partial charge is 0.469 e. The van der Waals surface area contributed by atoms with Crippen molar-refractivity contribution < 1.29 is 19.7 Å². The van der Waals surface area contributed by atoms with Crippen molar-refractivity contribution in [3.8, 4) is 0 Å². The van der Waals surface area contributed by atoms with Gasteiger partial charge in [-0.2, -0.15) is 0 Å². The van der Waals surface area contributed by atoms with Crippen LogP contribution in [0.15, 0.2) is 0 Å². The van der Waals surface area contributed by atoms with Gasteiger partial charge in [0.1, 0.15) is 0 Å². The molecule has 0 aromatic heterocycles. The molecule has 0 aromatic rings. The standard InChI is InChI=1S/C13H26O2.C3H8O2/c1-3-4-5-6-7-8-9-10-11-12-13(14)15-2;1-3(5)2-4/h3-12H2,1-2H3;3-5H,2H2,1H3. The fourth-order valence-electron chi connectivity index (χ4n) is 1.68. The SMILES string of the molecule is CC(O)CO.CCCCCCCCCCCC(=O)OC. The number of hydrogen-bond acceptors (Lipinski definition) is 4. The molecule has 0 rings (SSSR count). The fourth-order valence-corrected chi connectivity index (χ4v) is 1.68. The van der Waals surface area contributed by atoms with Gasteiger partial charge in [0.05, 0.1) is 19.8 Å². The van der Waals surface area contributed by atoms with Crippen LogP contribution >= 0.6 is 0 Å². The Hall–Kier alpha value is -0.610. The summed E-state index contributed by atoms with van der Waals surface area (Å²) in [7, 11) is 1.45. The third kappa shape index (κ3) is 22.6. The molecule has 0 spiro atoms. The van der Waals surface area contributed by atoms with E-state index in [1.807, 2.05) is 0 Å². The summed E-state index contributed by atoms with van der Waals surface area (Å²) in [6, 6.07) is 0. The Balaban J connectivity index is 0. The average Bonchev–Trinajstić information content (AvgIpc) is 2.45. The summed E-state index contributed by atoms with van der Waals surface area (Å²) in [5.74, 6) is -0.0713. The van der Waals surface area contributed by atoms with E-state index in [1.165, 1.54) is 65.4 Å². The van der Waals surface area contributed by atoms with Crippen LogP contribution in [0.3, 0.4) is 0 Å². The van der Waals surface area contributed by atoms with Crippen LogP contribution in [-0.4, -0.2) is 36.0 Å². The van der Waals surface area contributed by atoms with E-state index in [1.54, 1.807) is 0 Å². The number of carbonyl (C=O) groups is 1. The van der Waals surface area contributed by atoms with Gasteiger partial charge >= 0.3 is 5.97 Å². The zero-order valence-corrected chi connectivity index (χ0v) is 13.6. The first kappa shape index (κ1) is 21.7. The Morgan fingerprint density at radius 1 is 1.00 bits per heavy atom. The minimum atomic E-state index is -0.560. The van der Waals surface area contributed by atoms with E-state index in [4.69, 9.17) is 10.2 Å². The van der Waals surface area contributed by atoms with Crippen molar-refractivity contribution in [2.24, 2.45) is 0 Å². The van der Waals surface area contributed by atoms with E-state index in [0.29, 0.717) is 6.42 Å². The van der Waals surface area contributed by atoms with E-state index in [-0.39, 0.29) is 12.6 Å². The summed E-state index contributed by atoms with van der Waals surface area (Å²) < 4.78 is 4.58. The Morgan fingerprint density at radius 3 is 1.75 bits per heavy atom. The summed E-state index contributed by atoms with van der Waals surface area (Å²) in [6.07, 6.45) is 11.6. The number of hydrogen-bond donors (Lipinski definition) is 2. The van der Waals surface area contributed by atoms with Gasteiger partial charge in [-0.15, -0.1) is 0 Å². The number of carbonyl (C=O) groups excluding carboxylic acids is 1. The third-order valence-electron chi connectivity index (χ3n) is 2.98. The molecule has 0 aliphatic rings. The van der Waals surface area contributed by atoms with Gasteiger partial charge in [0.15, 0.2) is 0 Å². The topological polar surface area (TPSA) is 66.8 Å². The lowest BCUT2D eigenvalue weighted by molar-refractivity contribution is -0.140. The van der Waals surface area contributed by atoms with Crippen molar-refractivity contribution >= 4 is 5.97 Å². The molecule has 0 bridgehead atoms.